The third-order valence-corrected chi connectivity index (χ3v) is 5.52. The molecule has 0 spiro atoms. The Morgan fingerprint density at radius 2 is 1.82 bits per heavy atom. The summed E-state index contributed by atoms with van der Waals surface area (Å²) in [6.45, 7) is 3.25. The number of benzene rings is 2. The second kappa shape index (κ2) is 8.99. The van der Waals surface area contributed by atoms with Crippen LogP contribution in [0.2, 0.25) is 5.02 Å². The molecule has 0 aliphatic rings. The first-order valence-electron chi connectivity index (χ1n) is 8.69. The number of esters is 1. The molecule has 3 aromatic rings. The number of halogens is 1. The van der Waals surface area contributed by atoms with Crippen LogP contribution in [-0.4, -0.2) is 23.5 Å². The molecule has 0 aliphatic heterocycles. The average Bonchev–Trinajstić information content (AvgIpc) is 3.09. The van der Waals surface area contributed by atoms with Gasteiger partial charge in [0, 0.05) is 10.6 Å². The lowest BCUT2D eigenvalue weighted by Crippen LogP contribution is -2.31. The molecule has 0 saturated heterocycles. The standard InChI is InChI=1S/C21H19ClN2O3S/c1-13(15-8-10-17(22)11-9-15)23-18(25)12-27-21(26)19-14(2)24-20(28-19)16-6-4-3-5-7-16/h3-11,13H,12H2,1-2H3,(H,23,25)/t13-/m1/s1. The largest absolute Gasteiger partial charge is 0.451 e. The maximum absolute atomic E-state index is 12.4. The number of carbonyl (C=O) groups is 2. The average molecular weight is 415 g/mol. The molecule has 0 aliphatic carbocycles. The van der Waals surface area contributed by atoms with Crippen LogP contribution < -0.4 is 5.32 Å². The van der Waals surface area contributed by atoms with Crippen molar-refractivity contribution in [1.82, 2.24) is 10.3 Å². The van der Waals surface area contributed by atoms with Gasteiger partial charge in [-0.25, -0.2) is 9.78 Å². The number of aromatic nitrogens is 1. The van der Waals surface area contributed by atoms with Gasteiger partial charge in [-0.1, -0.05) is 54.1 Å². The summed E-state index contributed by atoms with van der Waals surface area (Å²) >= 11 is 7.12. The minimum absolute atomic E-state index is 0.224. The van der Waals surface area contributed by atoms with Crippen LogP contribution in [-0.2, 0) is 9.53 Å². The first-order valence-corrected chi connectivity index (χ1v) is 9.88. The second-order valence-corrected chi connectivity index (χ2v) is 7.65. The number of aryl methyl sites for hydroxylation is 1. The third-order valence-electron chi connectivity index (χ3n) is 4.08. The van der Waals surface area contributed by atoms with Crippen LogP contribution in [0.5, 0.6) is 0 Å². The van der Waals surface area contributed by atoms with Crippen molar-refractivity contribution < 1.29 is 14.3 Å². The number of nitrogens with one attached hydrogen (secondary N) is 1. The zero-order chi connectivity index (χ0) is 20.1. The Bertz CT molecular complexity index is 971. The molecule has 144 valence electrons. The Labute approximate surface area is 172 Å². The Hall–Kier alpha value is -2.70. The van der Waals surface area contributed by atoms with Crippen molar-refractivity contribution in [3.05, 3.63) is 75.8 Å². The van der Waals surface area contributed by atoms with E-state index in [-0.39, 0.29) is 18.6 Å². The summed E-state index contributed by atoms with van der Waals surface area (Å²) in [7, 11) is 0. The summed E-state index contributed by atoms with van der Waals surface area (Å²) in [5.41, 5.74) is 2.43. The highest BCUT2D eigenvalue weighted by Gasteiger charge is 2.19. The zero-order valence-electron chi connectivity index (χ0n) is 15.4. The molecule has 0 bridgehead atoms. The molecule has 1 atom stereocenters. The Balaban J connectivity index is 1.57. The van der Waals surface area contributed by atoms with Crippen LogP contribution in [0.1, 0.15) is 33.9 Å². The number of ether oxygens (including phenoxy) is 1. The van der Waals surface area contributed by atoms with Crippen molar-refractivity contribution in [1.29, 1.82) is 0 Å². The van der Waals surface area contributed by atoms with Gasteiger partial charge in [0.05, 0.1) is 11.7 Å². The first kappa shape index (κ1) is 20.0. The molecule has 1 aromatic heterocycles. The molecule has 3 rings (SSSR count). The Morgan fingerprint density at radius 1 is 1.14 bits per heavy atom. The lowest BCUT2D eigenvalue weighted by atomic mass is 10.1. The predicted molar refractivity (Wildman–Crippen MR) is 111 cm³/mol. The molecule has 1 N–H and O–H groups in total. The van der Waals surface area contributed by atoms with E-state index in [1.54, 1.807) is 19.1 Å². The second-order valence-electron chi connectivity index (χ2n) is 6.22. The SMILES string of the molecule is Cc1nc(-c2ccccc2)sc1C(=O)OCC(=O)N[C@H](C)c1ccc(Cl)cc1. The highest BCUT2D eigenvalue weighted by atomic mass is 35.5. The summed E-state index contributed by atoms with van der Waals surface area (Å²) in [6.07, 6.45) is 0. The molecule has 5 nitrogen and oxygen atoms in total. The summed E-state index contributed by atoms with van der Waals surface area (Å²) < 4.78 is 5.17. The monoisotopic (exact) mass is 414 g/mol. The predicted octanol–water partition coefficient (Wildman–Crippen LogP) is 4.81. The van der Waals surface area contributed by atoms with Gasteiger partial charge >= 0.3 is 5.97 Å². The van der Waals surface area contributed by atoms with E-state index >= 15 is 0 Å². The van der Waals surface area contributed by atoms with Gasteiger partial charge in [0.2, 0.25) is 0 Å². The minimum atomic E-state index is -0.550. The van der Waals surface area contributed by atoms with Gasteiger partial charge in [0.15, 0.2) is 6.61 Å². The van der Waals surface area contributed by atoms with Gasteiger partial charge in [-0.05, 0) is 31.5 Å². The van der Waals surface area contributed by atoms with Crippen molar-refractivity contribution in [3.63, 3.8) is 0 Å². The van der Waals surface area contributed by atoms with Crippen LogP contribution in [0, 0.1) is 6.92 Å². The lowest BCUT2D eigenvalue weighted by molar-refractivity contribution is -0.124. The zero-order valence-corrected chi connectivity index (χ0v) is 17.0. The van der Waals surface area contributed by atoms with Crippen LogP contribution in [0.4, 0.5) is 0 Å². The molecule has 0 fully saturated rings. The quantitative estimate of drug-likeness (QED) is 0.588. The molecule has 0 radical (unpaired) electrons. The molecule has 1 amide bonds. The number of rotatable bonds is 6. The maximum Gasteiger partial charge on any atom is 0.350 e. The number of hydrogen-bond acceptors (Lipinski definition) is 5. The van der Waals surface area contributed by atoms with Crippen molar-refractivity contribution in [2.45, 2.75) is 19.9 Å². The number of hydrogen-bond donors (Lipinski definition) is 1. The van der Waals surface area contributed by atoms with Gasteiger partial charge in [0.25, 0.3) is 5.91 Å². The minimum Gasteiger partial charge on any atom is -0.451 e. The van der Waals surface area contributed by atoms with Crippen LogP contribution in [0.3, 0.4) is 0 Å². The first-order chi connectivity index (χ1) is 13.4. The van der Waals surface area contributed by atoms with Gasteiger partial charge in [0.1, 0.15) is 9.88 Å². The van der Waals surface area contributed by atoms with E-state index in [1.807, 2.05) is 49.4 Å². The molecule has 28 heavy (non-hydrogen) atoms. The van der Waals surface area contributed by atoms with Crippen molar-refractivity contribution in [3.8, 4) is 10.6 Å². The molecule has 2 aromatic carbocycles. The van der Waals surface area contributed by atoms with Gasteiger partial charge in [-0.3, -0.25) is 4.79 Å². The van der Waals surface area contributed by atoms with E-state index in [4.69, 9.17) is 16.3 Å². The lowest BCUT2D eigenvalue weighted by Gasteiger charge is -2.14. The van der Waals surface area contributed by atoms with Crippen molar-refractivity contribution >= 4 is 34.8 Å². The topological polar surface area (TPSA) is 68.3 Å². The van der Waals surface area contributed by atoms with E-state index in [0.29, 0.717) is 15.6 Å². The number of carbonyl (C=O) groups excluding carboxylic acids is 2. The molecular formula is C21H19ClN2O3S. The van der Waals surface area contributed by atoms with Crippen LogP contribution in [0.15, 0.2) is 54.6 Å². The van der Waals surface area contributed by atoms with Crippen molar-refractivity contribution in [2.24, 2.45) is 0 Å². The molecule has 7 heteroatoms. The van der Waals surface area contributed by atoms with E-state index in [9.17, 15) is 9.59 Å². The van der Waals surface area contributed by atoms with E-state index in [2.05, 4.69) is 10.3 Å². The maximum atomic E-state index is 12.4. The fourth-order valence-corrected chi connectivity index (χ4v) is 3.70. The number of thiazole rings is 1. The number of amides is 1. The summed E-state index contributed by atoms with van der Waals surface area (Å²) in [5, 5.41) is 4.17. The van der Waals surface area contributed by atoms with E-state index in [0.717, 1.165) is 16.1 Å². The third kappa shape index (κ3) is 4.97. The highest BCUT2D eigenvalue weighted by Crippen LogP contribution is 2.28. The van der Waals surface area contributed by atoms with Crippen LogP contribution >= 0.6 is 22.9 Å². The van der Waals surface area contributed by atoms with Gasteiger partial charge in [-0.15, -0.1) is 11.3 Å². The summed E-state index contributed by atoms with van der Waals surface area (Å²) in [6, 6.07) is 16.6. The highest BCUT2D eigenvalue weighted by molar-refractivity contribution is 7.17. The number of nitrogens with zero attached hydrogens (tertiary/aromatic N) is 1. The molecule has 1 heterocycles. The van der Waals surface area contributed by atoms with E-state index < -0.39 is 5.97 Å². The van der Waals surface area contributed by atoms with E-state index in [1.165, 1.54) is 11.3 Å². The normalized spacial score (nSPS) is 11.7. The van der Waals surface area contributed by atoms with Gasteiger partial charge in [-0.2, -0.15) is 0 Å². The Morgan fingerprint density at radius 3 is 2.50 bits per heavy atom. The summed E-state index contributed by atoms with van der Waals surface area (Å²) in [4.78, 5) is 29.3. The Kier molecular flexibility index (Phi) is 6.44. The fraction of sp³-hybridized carbons (Fsp3) is 0.190. The summed E-state index contributed by atoms with van der Waals surface area (Å²) in [5.74, 6) is -0.923. The van der Waals surface area contributed by atoms with Gasteiger partial charge < -0.3 is 10.1 Å². The molecular weight excluding hydrogens is 396 g/mol. The molecule has 0 unspecified atom stereocenters. The van der Waals surface area contributed by atoms with Crippen molar-refractivity contribution in [2.75, 3.05) is 6.61 Å². The smallest absolute Gasteiger partial charge is 0.350 e. The van der Waals surface area contributed by atoms with Crippen LogP contribution in [0.25, 0.3) is 10.6 Å². The molecule has 0 saturated carbocycles. The fourth-order valence-electron chi connectivity index (χ4n) is 2.60.